The van der Waals surface area contributed by atoms with E-state index in [1.165, 1.54) is 23.4 Å². The number of aromatic nitrogens is 1. The molecule has 5 rings (SSSR count). The Labute approximate surface area is 188 Å². The second-order valence-corrected chi connectivity index (χ2v) is 10.1. The van der Waals surface area contributed by atoms with Crippen molar-refractivity contribution >= 4 is 24.2 Å². The lowest BCUT2D eigenvalue weighted by molar-refractivity contribution is 0.00578. The molecule has 1 amide bonds. The number of amides is 1. The Hall–Kier alpha value is -2.16. The first-order valence-electron chi connectivity index (χ1n) is 11.4. The van der Waals surface area contributed by atoms with Crippen LogP contribution in [0.2, 0.25) is 0 Å². The van der Waals surface area contributed by atoms with Gasteiger partial charge in [-0.1, -0.05) is 0 Å². The number of carbonyl (C=O) groups is 1. The van der Waals surface area contributed by atoms with E-state index < -0.39 is 24.1 Å². The number of anilines is 1. The van der Waals surface area contributed by atoms with Crippen molar-refractivity contribution in [2.24, 2.45) is 0 Å². The van der Waals surface area contributed by atoms with Gasteiger partial charge in [-0.05, 0) is 82.6 Å². The SMILES string of the molecule is CC1(C)OB(c2cc(F)cc(N3CCn4c(cc5c4CCCC5)C3=O)c2CO)OC1(C)C. The fourth-order valence-electron chi connectivity index (χ4n) is 5.10. The smallest absolute Gasteiger partial charge is 0.399 e. The topological polar surface area (TPSA) is 63.9 Å². The quantitative estimate of drug-likeness (QED) is 0.746. The molecule has 6 nitrogen and oxygen atoms in total. The van der Waals surface area contributed by atoms with Gasteiger partial charge in [-0.3, -0.25) is 4.79 Å². The fraction of sp³-hybridized carbons (Fsp3) is 0.542. The molecule has 3 heterocycles. The van der Waals surface area contributed by atoms with Crippen molar-refractivity contribution in [3.05, 3.63) is 46.5 Å². The molecule has 1 saturated heterocycles. The minimum atomic E-state index is -0.826. The summed E-state index contributed by atoms with van der Waals surface area (Å²) in [7, 11) is -0.826. The van der Waals surface area contributed by atoms with E-state index in [1.807, 2.05) is 33.8 Å². The average molecular weight is 440 g/mol. The number of rotatable bonds is 3. The summed E-state index contributed by atoms with van der Waals surface area (Å²) < 4.78 is 29.2. The van der Waals surface area contributed by atoms with Gasteiger partial charge in [0.25, 0.3) is 5.91 Å². The number of carbonyl (C=O) groups excluding carboxylic acids is 1. The van der Waals surface area contributed by atoms with Crippen molar-refractivity contribution in [2.45, 2.75) is 77.7 Å². The molecule has 1 fully saturated rings. The third-order valence-electron chi connectivity index (χ3n) is 7.60. The van der Waals surface area contributed by atoms with Gasteiger partial charge in [-0.25, -0.2) is 4.39 Å². The third-order valence-corrected chi connectivity index (χ3v) is 7.60. The first-order valence-corrected chi connectivity index (χ1v) is 11.4. The predicted molar refractivity (Wildman–Crippen MR) is 121 cm³/mol. The highest BCUT2D eigenvalue weighted by Crippen LogP contribution is 2.38. The van der Waals surface area contributed by atoms with Gasteiger partial charge >= 0.3 is 7.12 Å². The average Bonchev–Trinajstić information content (AvgIpc) is 3.22. The van der Waals surface area contributed by atoms with Crippen LogP contribution in [0.3, 0.4) is 0 Å². The lowest BCUT2D eigenvalue weighted by Crippen LogP contribution is -2.43. The van der Waals surface area contributed by atoms with Crippen LogP contribution < -0.4 is 10.4 Å². The summed E-state index contributed by atoms with van der Waals surface area (Å²) in [6.45, 7) is 8.43. The Kier molecular flexibility index (Phi) is 5.04. The van der Waals surface area contributed by atoms with E-state index >= 15 is 0 Å². The zero-order chi connectivity index (χ0) is 22.8. The van der Waals surface area contributed by atoms with Gasteiger partial charge in [-0.2, -0.15) is 0 Å². The summed E-state index contributed by atoms with van der Waals surface area (Å²) >= 11 is 0. The summed E-state index contributed by atoms with van der Waals surface area (Å²) in [4.78, 5) is 15.1. The van der Waals surface area contributed by atoms with Crippen molar-refractivity contribution < 1.29 is 23.6 Å². The van der Waals surface area contributed by atoms with Crippen LogP contribution in [0.4, 0.5) is 10.1 Å². The normalized spacial score (nSPS) is 21.6. The van der Waals surface area contributed by atoms with Crippen LogP contribution >= 0.6 is 0 Å². The van der Waals surface area contributed by atoms with Crippen molar-refractivity contribution in [2.75, 3.05) is 11.4 Å². The molecule has 2 aliphatic heterocycles. The zero-order valence-electron chi connectivity index (χ0n) is 19.2. The Balaban J connectivity index is 1.55. The molecule has 2 aromatic rings. The van der Waals surface area contributed by atoms with Crippen LogP contribution in [-0.4, -0.2) is 40.4 Å². The summed E-state index contributed by atoms with van der Waals surface area (Å²) in [5.41, 5.74) is 3.23. The molecule has 3 aliphatic rings. The number of nitrogens with zero attached hydrogens (tertiary/aromatic N) is 2. The zero-order valence-corrected chi connectivity index (χ0v) is 19.2. The van der Waals surface area contributed by atoms with Gasteiger partial charge < -0.3 is 23.9 Å². The minimum Gasteiger partial charge on any atom is -0.399 e. The summed E-state index contributed by atoms with van der Waals surface area (Å²) in [5, 5.41) is 10.3. The lowest BCUT2D eigenvalue weighted by atomic mass is 9.75. The van der Waals surface area contributed by atoms with E-state index in [0.717, 1.165) is 25.7 Å². The molecule has 0 atom stereocenters. The Morgan fingerprint density at radius 3 is 2.44 bits per heavy atom. The van der Waals surface area contributed by atoms with Crippen LogP contribution in [0, 0.1) is 5.82 Å². The number of hydrogen-bond acceptors (Lipinski definition) is 4. The number of hydrogen-bond donors (Lipinski definition) is 1. The van der Waals surface area contributed by atoms with E-state index in [1.54, 1.807) is 4.90 Å². The van der Waals surface area contributed by atoms with Gasteiger partial charge in [-0.15, -0.1) is 0 Å². The standard InChI is InChI=1S/C24H30BFN2O4/c1-23(2)24(3,4)32-25(31-23)18-12-16(26)13-20(17(18)14-29)28-10-9-27-19-8-6-5-7-15(19)11-21(27)22(28)30/h11-13,29H,5-10,14H2,1-4H3. The molecule has 1 N–H and O–H groups in total. The Morgan fingerprint density at radius 1 is 1.06 bits per heavy atom. The molecule has 170 valence electrons. The van der Waals surface area contributed by atoms with E-state index in [9.17, 15) is 14.3 Å². The molecule has 0 saturated carbocycles. The van der Waals surface area contributed by atoms with Crippen molar-refractivity contribution in [3.8, 4) is 0 Å². The van der Waals surface area contributed by atoms with E-state index in [2.05, 4.69) is 4.57 Å². The maximum atomic E-state index is 14.8. The lowest BCUT2D eigenvalue weighted by Gasteiger charge is -2.32. The fourth-order valence-corrected chi connectivity index (χ4v) is 5.10. The van der Waals surface area contributed by atoms with E-state index in [-0.39, 0.29) is 12.5 Å². The Bertz CT molecular complexity index is 1080. The number of fused-ring (bicyclic) bond motifs is 3. The van der Waals surface area contributed by atoms with Crippen LogP contribution in [0.5, 0.6) is 0 Å². The van der Waals surface area contributed by atoms with Gasteiger partial charge in [0, 0.05) is 24.3 Å². The van der Waals surface area contributed by atoms with Gasteiger partial charge in [0.05, 0.1) is 23.5 Å². The number of aliphatic hydroxyl groups excluding tert-OH is 1. The molecular weight excluding hydrogens is 410 g/mol. The maximum Gasteiger partial charge on any atom is 0.495 e. The highest BCUT2D eigenvalue weighted by Gasteiger charge is 2.52. The molecular formula is C24H30BFN2O4. The Morgan fingerprint density at radius 2 is 1.75 bits per heavy atom. The molecule has 8 heteroatoms. The van der Waals surface area contributed by atoms with Crippen molar-refractivity contribution in [3.63, 3.8) is 0 Å². The van der Waals surface area contributed by atoms with E-state index in [4.69, 9.17) is 9.31 Å². The van der Waals surface area contributed by atoms with Gasteiger partial charge in [0.15, 0.2) is 0 Å². The molecule has 1 aliphatic carbocycles. The number of halogens is 1. The molecule has 0 spiro atoms. The largest absolute Gasteiger partial charge is 0.495 e. The summed E-state index contributed by atoms with van der Waals surface area (Å²) in [6.07, 6.45) is 4.28. The molecule has 1 aromatic heterocycles. The summed E-state index contributed by atoms with van der Waals surface area (Å²) in [6, 6.07) is 4.67. The van der Waals surface area contributed by atoms with Gasteiger partial charge in [0.2, 0.25) is 0 Å². The number of aliphatic hydroxyl groups is 1. The van der Waals surface area contributed by atoms with Crippen LogP contribution in [-0.2, 0) is 35.3 Å². The molecule has 0 unspecified atom stereocenters. The van der Waals surface area contributed by atoms with Crippen LogP contribution in [0.15, 0.2) is 18.2 Å². The second-order valence-electron chi connectivity index (χ2n) is 10.1. The number of aryl methyl sites for hydroxylation is 1. The van der Waals surface area contributed by atoms with Crippen molar-refractivity contribution in [1.29, 1.82) is 0 Å². The molecule has 0 bridgehead atoms. The third kappa shape index (κ3) is 3.23. The maximum absolute atomic E-state index is 14.8. The van der Waals surface area contributed by atoms with Gasteiger partial charge in [0.1, 0.15) is 11.5 Å². The first kappa shape index (κ1) is 21.7. The molecule has 32 heavy (non-hydrogen) atoms. The first-order chi connectivity index (χ1) is 15.1. The number of benzene rings is 1. The molecule has 0 radical (unpaired) electrons. The van der Waals surface area contributed by atoms with Crippen molar-refractivity contribution in [1.82, 2.24) is 4.57 Å². The van der Waals surface area contributed by atoms with E-state index in [0.29, 0.717) is 35.5 Å². The van der Waals surface area contributed by atoms with Crippen LogP contribution in [0.1, 0.15) is 67.8 Å². The molecule has 1 aromatic carbocycles. The van der Waals surface area contributed by atoms with Crippen LogP contribution in [0.25, 0.3) is 0 Å². The minimum absolute atomic E-state index is 0.161. The highest BCUT2D eigenvalue weighted by atomic mass is 19.1. The predicted octanol–water partition coefficient (Wildman–Crippen LogP) is 2.96. The monoisotopic (exact) mass is 440 g/mol. The summed E-state index contributed by atoms with van der Waals surface area (Å²) in [5.74, 6) is -0.652. The highest BCUT2D eigenvalue weighted by molar-refractivity contribution is 6.62. The second kappa shape index (κ2) is 7.44.